The van der Waals surface area contributed by atoms with Crippen LogP contribution in [0.25, 0.3) is 0 Å². The summed E-state index contributed by atoms with van der Waals surface area (Å²) >= 11 is 0. The molecule has 57 heavy (non-hydrogen) atoms. The van der Waals surface area contributed by atoms with Crippen molar-refractivity contribution in [3.05, 3.63) is 97.2 Å². The number of likely N-dealkylation sites (N-methyl/N-ethyl adjacent to an activating group) is 1. The molecule has 0 radical (unpaired) electrons. The number of nitrogens with zero attached hydrogens (tertiary/aromatic N) is 1. The van der Waals surface area contributed by atoms with Crippen LogP contribution in [0, 0.1) is 0 Å². The molecular formula is C46H76NO9P. The minimum atomic E-state index is -4.66. The van der Waals surface area contributed by atoms with Gasteiger partial charge in [-0.3, -0.25) is 14.2 Å². The average Bonchev–Trinajstić information content (AvgIpc) is 3.16. The zero-order chi connectivity index (χ0) is 42.3. The lowest BCUT2D eigenvalue weighted by Gasteiger charge is -2.28. The van der Waals surface area contributed by atoms with Crippen LogP contribution in [-0.2, 0) is 32.7 Å². The summed E-state index contributed by atoms with van der Waals surface area (Å²) in [5.74, 6) is -0.959. The van der Waals surface area contributed by atoms with E-state index in [1.165, 1.54) is 0 Å². The second-order valence-electron chi connectivity index (χ2n) is 14.8. The first-order chi connectivity index (χ1) is 27.4. The van der Waals surface area contributed by atoms with Gasteiger partial charge in [-0.2, -0.15) is 0 Å². The molecule has 1 N–H and O–H groups in total. The third-order valence-electron chi connectivity index (χ3n) is 8.17. The highest BCUT2D eigenvalue weighted by Gasteiger charge is 2.21. The van der Waals surface area contributed by atoms with Gasteiger partial charge in [-0.05, 0) is 77.0 Å². The molecule has 0 aromatic carbocycles. The highest BCUT2D eigenvalue weighted by molar-refractivity contribution is 7.45. The Morgan fingerprint density at radius 1 is 0.649 bits per heavy atom. The summed E-state index contributed by atoms with van der Waals surface area (Å²) in [7, 11) is 1.07. The molecule has 0 rings (SSSR count). The zero-order valence-corrected chi connectivity index (χ0v) is 36.7. The summed E-state index contributed by atoms with van der Waals surface area (Å²) in [5, 5.41) is 9.77. The number of hydrogen-bond acceptors (Lipinski definition) is 9. The van der Waals surface area contributed by atoms with Crippen LogP contribution in [0.1, 0.15) is 123 Å². The van der Waals surface area contributed by atoms with Gasteiger partial charge in [0.15, 0.2) is 6.10 Å². The van der Waals surface area contributed by atoms with E-state index in [1.807, 2.05) is 76.7 Å². The third-order valence-corrected chi connectivity index (χ3v) is 9.14. The molecule has 11 heteroatoms. The van der Waals surface area contributed by atoms with Crippen LogP contribution in [0.3, 0.4) is 0 Å². The first-order valence-electron chi connectivity index (χ1n) is 21.1. The molecule has 0 aliphatic rings. The van der Waals surface area contributed by atoms with E-state index >= 15 is 0 Å². The number of unbranched alkanes of at least 4 members (excludes halogenated alkanes) is 6. The lowest BCUT2D eigenvalue weighted by Crippen LogP contribution is -2.37. The Morgan fingerprint density at radius 3 is 1.84 bits per heavy atom. The van der Waals surface area contributed by atoms with Crippen molar-refractivity contribution in [3.8, 4) is 0 Å². The molecule has 0 aromatic rings. The number of phosphoric acid groups is 1. The van der Waals surface area contributed by atoms with Gasteiger partial charge in [0.2, 0.25) is 0 Å². The number of rotatable bonds is 36. The van der Waals surface area contributed by atoms with E-state index in [0.29, 0.717) is 36.7 Å². The summed E-state index contributed by atoms with van der Waals surface area (Å²) in [6.45, 7) is 3.74. The minimum Gasteiger partial charge on any atom is -0.756 e. The van der Waals surface area contributed by atoms with Crippen molar-refractivity contribution in [2.75, 3.05) is 47.5 Å². The highest BCUT2D eigenvalue weighted by Crippen LogP contribution is 2.38. The Kier molecular flexibility index (Phi) is 35.2. The maximum absolute atomic E-state index is 12.6. The first kappa shape index (κ1) is 53.9. The van der Waals surface area contributed by atoms with Crippen LogP contribution >= 0.6 is 7.82 Å². The standard InChI is InChI=1S/C46H76NO9P/c1-6-8-10-11-12-13-14-15-16-17-21-24-27-30-33-37-45(49)53-41-44(42-55-57(51,52)54-40-39-47(3,4)5)56-46(50)38-34-31-28-25-22-19-18-20-23-26-29-32-36-43(48)35-9-7-2/h8-10,12-13,15-16,18-19,23,25-26,28-29,32,35,43-44,48H,6-7,11,14,17,20-22,24,27,30-31,33-34,36-42H2,1-5H3/b10-8-,13-12-,16-15-,19-18-,26-23-,28-25-,32-29+,35-9-/t43?,44-/m1/s1. The zero-order valence-electron chi connectivity index (χ0n) is 35.8. The molecule has 2 unspecified atom stereocenters. The quantitative estimate of drug-likeness (QED) is 0.0164. The molecule has 0 bridgehead atoms. The molecule has 0 saturated heterocycles. The SMILES string of the molecule is CC/C=C\C/C=C\C/C=C\CCCCCCCC(=O)OC[C@H](COP(=O)([O-])OCC[N+](C)(C)C)OC(=O)CCC/C=C\C/C=C\C/C=C\C=C\CC(O)/C=C\CC. The molecule has 324 valence electrons. The van der Waals surface area contributed by atoms with E-state index < -0.39 is 38.6 Å². The Morgan fingerprint density at radius 2 is 1.19 bits per heavy atom. The van der Waals surface area contributed by atoms with Gasteiger partial charge in [0.25, 0.3) is 7.82 Å². The fraction of sp³-hybridized carbons (Fsp3) is 0.609. The van der Waals surface area contributed by atoms with Gasteiger partial charge in [-0.25, -0.2) is 0 Å². The van der Waals surface area contributed by atoms with Crippen LogP contribution < -0.4 is 4.89 Å². The molecule has 0 aliphatic carbocycles. The number of allylic oxidation sites excluding steroid dienone is 14. The summed E-state index contributed by atoms with van der Waals surface area (Å²) in [6.07, 6.45) is 45.0. The minimum absolute atomic E-state index is 0.0581. The Balaban J connectivity index is 4.57. The Bertz CT molecular complexity index is 1310. The van der Waals surface area contributed by atoms with Gasteiger partial charge in [0.1, 0.15) is 19.8 Å². The molecule has 0 heterocycles. The lowest BCUT2D eigenvalue weighted by molar-refractivity contribution is -0.870. The van der Waals surface area contributed by atoms with Crippen molar-refractivity contribution < 1.29 is 47.2 Å². The number of carbonyl (C=O) groups is 2. The predicted octanol–water partition coefficient (Wildman–Crippen LogP) is 10.1. The topological polar surface area (TPSA) is 131 Å². The molecule has 0 aromatic heterocycles. The number of carbonyl (C=O) groups excluding carboxylic acids is 2. The molecule has 0 amide bonds. The van der Waals surface area contributed by atoms with E-state index in [4.69, 9.17) is 18.5 Å². The molecule has 3 atom stereocenters. The number of esters is 2. The van der Waals surface area contributed by atoms with Crippen molar-refractivity contribution in [2.45, 2.75) is 135 Å². The van der Waals surface area contributed by atoms with Gasteiger partial charge in [0.05, 0.1) is 33.9 Å². The number of hydrogen-bond donors (Lipinski definition) is 1. The predicted molar refractivity (Wildman–Crippen MR) is 232 cm³/mol. The second-order valence-corrected chi connectivity index (χ2v) is 16.2. The fourth-order valence-electron chi connectivity index (χ4n) is 4.90. The van der Waals surface area contributed by atoms with E-state index in [0.717, 1.165) is 70.6 Å². The summed E-state index contributed by atoms with van der Waals surface area (Å²) in [4.78, 5) is 37.5. The van der Waals surface area contributed by atoms with Crippen LogP contribution in [-0.4, -0.2) is 81.2 Å². The average molecular weight is 818 g/mol. The molecule has 10 nitrogen and oxygen atoms in total. The second kappa shape index (κ2) is 37.2. The van der Waals surface area contributed by atoms with Crippen molar-refractivity contribution in [3.63, 3.8) is 0 Å². The van der Waals surface area contributed by atoms with Crippen molar-refractivity contribution in [1.29, 1.82) is 0 Å². The number of aliphatic hydroxyl groups is 1. The fourth-order valence-corrected chi connectivity index (χ4v) is 5.63. The molecule has 0 aliphatic heterocycles. The Labute approximate surface area is 346 Å². The van der Waals surface area contributed by atoms with E-state index in [9.17, 15) is 24.2 Å². The molecule has 0 saturated carbocycles. The monoisotopic (exact) mass is 818 g/mol. The first-order valence-corrected chi connectivity index (χ1v) is 22.5. The number of quaternary nitrogens is 1. The number of aliphatic hydroxyl groups excluding tert-OH is 1. The van der Waals surface area contributed by atoms with Gasteiger partial charge >= 0.3 is 11.9 Å². The molecular weight excluding hydrogens is 741 g/mol. The maximum atomic E-state index is 12.6. The van der Waals surface area contributed by atoms with Gasteiger partial charge < -0.3 is 33.0 Å². The van der Waals surface area contributed by atoms with Crippen LogP contribution in [0.4, 0.5) is 0 Å². The van der Waals surface area contributed by atoms with Gasteiger partial charge in [0, 0.05) is 12.8 Å². The third kappa shape index (κ3) is 40.9. The van der Waals surface area contributed by atoms with E-state index in [2.05, 4.69) is 55.5 Å². The number of phosphoric ester groups is 1. The van der Waals surface area contributed by atoms with Gasteiger partial charge in [-0.1, -0.05) is 130 Å². The molecule has 0 spiro atoms. The van der Waals surface area contributed by atoms with Gasteiger partial charge in [-0.15, -0.1) is 0 Å². The van der Waals surface area contributed by atoms with Crippen LogP contribution in [0.15, 0.2) is 97.2 Å². The number of ether oxygens (including phenoxy) is 2. The van der Waals surface area contributed by atoms with Crippen molar-refractivity contribution >= 4 is 19.8 Å². The lowest BCUT2D eigenvalue weighted by atomic mass is 10.1. The van der Waals surface area contributed by atoms with Crippen LogP contribution in [0.2, 0.25) is 0 Å². The summed E-state index contributed by atoms with van der Waals surface area (Å²) < 4.78 is 33.7. The largest absolute Gasteiger partial charge is 0.756 e. The molecule has 0 fully saturated rings. The van der Waals surface area contributed by atoms with Crippen molar-refractivity contribution in [1.82, 2.24) is 0 Å². The maximum Gasteiger partial charge on any atom is 0.306 e. The van der Waals surface area contributed by atoms with E-state index in [1.54, 1.807) is 0 Å². The normalized spacial score (nSPS) is 15.1. The highest BCUT2D eigenvalue weighted by atomic mass is 31.2. The van der Waals surface area contributed by atoms with Crippen LogP contribution in [0.5, 0.6) is 0 Å². The Hall–Kier alpha value is -3.11. The summed E-state index contributed by atoms with van der Waals surface area (Å²) in [6, 6.07) is 0. The van der Waals surface area contributed by atoms with Crippen molar-refractivity contribution in [2.24, 2.45) is 0 Å². The van der Waals surface area contributed by atoms with E-state index in [-0.39, 0.29) is 26.1 Å². The summed E-state index contributed by atoms with van der Waals surface area (Å²) in [5.41, 5.74) is 0. The smallest absolute Gasteiger partial charge is 0.306 e.